The predicted octanol–water partition coefficient (Wildman–Crippen LogP) is 1.81. The molecule has 0 spiro atoms. The Balaban J connectivity index is 1.95. The molecule has 1 atom stereocenters. The summed E-state index contributed by atoms with van der Waals surface area (Å²) in [6, 6.07) is 3.62. The van der Waals surface area contributed by atoms with E-state index in [1.807, 2.05) is 13.0 Å². The van der Waals surface area contributed by atoms with Crippen molar-refractivity contribution in [1.29, 1.82) is 0 Å². The molecule has 1 aliphatic heterocycles. The zero-order chi connectivity index (χ0) is 13.7. The molecule has 2 rings (SSSR count). The van der Waals surface area contributed by atoms with Crippen molar-refractivity contribution in [1.82, 2.24) is 10.3 Å². The first-order valence-corrected chi connectivity index (χ1v) is 6.73. The van der Waals surface area contributed by atoms with E-state index in [1.54, 1.807) is 12.3 Å². The molecule has 0 bridgehead atoms. The lowest BCUT2D eigenvalue weighted by Crippen LogP contribution is -2.46. The monoisotopic (exact) mass is 263 g/mol. The van der Waals surface area contributed by atoms with Crippen LogP contribution in [0.15, 0.2) is 18.3 Å². The summed E-state index contributed by atoms with van der Waals surface area (Å²) in [5, 5.41) is 6.19. The summed E-state index contributed by atoms with van der Waals surface area (Å²) >= 11 is 0. The van der Waals surface area contributed by atoms with E-state index < -0.39 is 0 Å². The SMILES string of the molecule is CCCNc1ccc(C(=O)NC2(C)CCOC2)cn1. The van der Waals surface area contributed by atoms with Crippen LogP contribution in [0.3, 0.4) is 0 Å². The molecule has 104 valence electrons. The van der Waals surface area contributed by atoms with Gasteiger partial charge in [-0.05, 0) is 31.9 Å². The van der Waals surface area contributed by atoms with E-state index in [-0.39, 0.29) is 11.4 Å². The molecule has 1 unspecified atom stereocenters. The van der Waals surface area contributed by atoms with Gasteiger partial charge in [0.05, 0.1) is 17.7 Å². The van der Waals surface area contributed by atoms with Crippen LogP contribution < -0.4 is 10.6 Å². The molecule has 5 nitrogen and oxygen atoms in total. The zero-order valence-electron chi connectivity index (χ0n) is 11.5. The lowest BCUT2D eigenvalue weighted by molar-refractivity contribution is 0.0889. The third kappa shape index (κ3) is 3.67. The third-order valence-corrected chi connectivity index (χ3v) is 3.22. The molecule has 1 amide bonds. The van der Waals surface area contributed by atoms with Crippen LogP contribution in [0.25, 0.3) is 0 Å². The van der Waals surface area contributed by atoms with Crippen LogP contribution >= 0.6 is 0 Å². The van der Waals surface area contributed by atoms with Crippen molar-refractivity contribution in [3.63, 3.8) is 0 Å². The first kappa shape index (κ1) is 13.8. The van der Waals surface area contributed by atoms with Crippen LogP contribution in [-0.4, -0.2) is 36.2 Å². The van der Waals surface area contributed by atoms with Crippen molar-refractivity contribution in [2.75, 3.05) is 25.1 Å². The van der Waals surface area contributed by atoms with Gasteiger partial charge in [-0.2, -0.15) is 0 Å². The molecule has 1 fully saturated rings. The molecule has 1 aromatic heterocycles. The Labute approximate surface area is 113 Å². The van der Waals surface area contributed by atoms with Crippen LogP contribution in [0.1, 0.15) is 37.0 Å². The Morgan fingerprint density at radius 3 is 2.95 bits per heavy atom. The van der Waals surface area contributed by atoms with Crippen molar-refractivity contribution in [2.45, 2.75) is 32.2 Å². The van der Waals surface area contributed by atoms with Gasteiger partial charge in [-0.15, -0.1) is 0 Å². The van der Waals surface area contributed by atoms with Crippen molar-refractivity contribution in [3.8, 4) is 0 Å². The number of hydrogen-bond acceptors (Lipinski definition) is 4. The second-order valence-electron chi connectivity index (χ2n) is 5.18. The van der Waals surface area contributed by atoms with E-state index in [4.69, 9.17) is 4.74 Å². The molecular weight excluding hydrogens is 242 g/mol. The Morgan fingerprint density at radius 1 is 1.53 bits per heavy atom. The fourth-order valence-corrected chi connectivity index (χ4v) is 2.00. The molecule has 19 heavy (non-hydrogen) atoms. The van der Waals surface area contributed by atoms with Crippen molar-refractivity contribution < 1.29 is 9.53 Å². The molecule has 0 saturated carbocycles. The smallest absolute Gasteiger partial charge is 0.253 e. The van der Waals surface area contributed by atoms with Crippen LogP contribution in [0, 0.1) is 0 Å². The second-order valence-corrected chi connectivity index (χ2v) is 5.18. The molecule has 1 aliphatic rings. The average Bonchev–Trinajstić information content (AvgIpc) is 2.83. The van der Waals surface area contributed by atoms with Gasteiger partial charge in [0.1, 0.15) is 5.82 Å². The lowest BCUT2D eigenvalue weighted by Gasteiger charge is -2.23. The molecular formula is C14H21N3O2. The van der Waals surface area contributed by atoms with Crippen LogP contribution in [0.4, 0.5) is 5.82 Å². The summed E-state index contributed by atoms with van der Waals surface area (Å²) in [4.78, 5) is 16.3. The first-order valence-electron chi connectivity index (χ1n) is 6.73. The van der Waals surface area contributed by atoms with E-state index in [0.717, 1.165) is 25.2 Å². The van der Waals surface area contributed by atoms with Gasteiger partial charge in [-0.3, -0.25) is 4.79 Å². The number of anilines is 1. The van der Waals surface area contributed by atoms with Gasteiger partial charge in [-0.1, -0.05) is 6.92 Å². The maximum Gasteiger partial charge on any atom is 0.253 e. The number of rotatable bonds is 5. The van der Waals surface area contributed by atoms with Gasteiger partial charge >= 0.3 is 0 Å². The normalized spacial score (nSPS) is 22.2. The van der Waals surface area contributed by atoms with Crippen LogP contribution in [0.5, 0.6) is 0 Å². The highest BCUT2D eigenvalue weighted by Crippen LogP contribution is 2.18. The van der Waals surface area contributed by atoms with E-state index in [2.05, 4.69) is 22.5 Å². The molecule has 0 aromatic carbocycles. The Kier molecular flexibility index (Phi) is 4.37. The van der Waals surface area contributed by atoms with Crippen molar-refractivity contribution in [3.05, 3.63) is 23.9 Å². The van der Waals surface area contributed by atoms with Gasteiger partial charge in [0.2, 0.25) is 0 Å². The number of hydrogen-bond donors (Lipinski definition) is 2. The topological polar surface area (TPSA) is 63.2 Å². The third-order valence-electron chi connectivity index (χ3n) is 3.22. The van der Waals surface area contributed by atoms with Gasteiger partial charge in [0.25, 0.3) is 5.91 Å². The van der Waals surface area contributed by atoms with Crippen LogP contribution in [-0.2, 0) is 4.74 Å². The van der Waals surface area contributed by atoms with Gasteiger partial charge in [-0.25, -0.2) is 4.98 Å². The largest absolute Gasteiger partial charge is 0.379 e. The summed E-state index contributed by atoms with van der Waals surface area (Å²) in [5.74, 6) is 0.705. The summed E-state index contributed by atoms with van der Waals surface area (Å²) < 4.78 is 5.32. The number of carbonyl (C=O) groups is 1. The fourth-order valence-electron chi connectivity index (χ4n) is 2.00. The maximum absolute atomic E-state index is 12.1. The first-order chi connectivity index (χ1) is 9.13. The number of amides is 1. The predicted molar refractivity (Wildman–Crippen MR) is 74.3 cm³/mol. The Hall–Kier alpha value is -1.62. The number of nitrogens with zero attached hydrogens (tertiary/aromatic N) is 1. The summed E-state index contributed by atoms with van der Waals surface area (Å²) in [7, 11) is 0. The highest BCUT2D eigenvalue weighted by atomic mass is 16.5. The van der Waals surface area contributed by atoms with E-state index in [1.165, 1.54) is 0 Å². The van der Waals surface area contributed by atoms with Crippen LogP contribution in [0.2, 0.25) is 0 Å². The number of carbonyl (C=O) groups excluding carboxylic acids is 1. The summed E-state index contributed by atoms with van der Waals surface area (Å²) in [6.45, 7) is 6.26. The van der Waals surface area contributed by atoms with E-state index >= 15 is 0 Å². The van der Waals surface area contributed by atoms with Crippen molar-refractivity contribution >= 4 is 11.7 Å². The molecule has 0 aliphatic carbocycles. The Bertz CT molecular complexity index is 425. The van der Waals surface area contributed by atoms with Gasteiger partial charge in [0, 0.05) is 19.3 Å². The molecule has 2 N–H and O–H groups in total. The molecule has 1 saturated heterocycles. The second kappa shape index (κ2) is 6.02. The summed E-state index contributed by atoms with van der Waals surface area (Å²) in [6.07, 6.45) is 3.50. The number of aromatic nitrogens is 1. The molecule has 1 aromatic rings. The zero-order valence-corrected chi connectivity index (χ0v) is 11.5. The standard InChI is InChI=1S/C14H21N3O2/c1-3-7-15-12-5-4-11(9-16-12)13(18)17-14(2)6-8-19-10-14/h4-5,9H,3,6-8,10H2,1-2H3,(H,15,16)(H,17,18). The van der Waals surface area contributed by atoms with E-state index in [9.17, 15) is 4.79 Å². The van der Waals surface area contributed by atoms with E-state index in [0.29, 0.717) is 18.8 Å². The van der Waals surface area contributed by atoms with Crippen molar-refractivity contribution in [2.24, 2.45) is 0 Å². The quantitative estimate of drug-likeness (QED) is 0.850. The Morgan fingerprint density at radius 2 is 2.37 bits per heavy atom. The summed E-state index contributed by atoms with van der Waals surface area (Å²) in [5.41, 5.74) is 0.325. The minimum absolute atomic E-state index is 0.0949. The van der Waals surface area contributed by atoms with Gasteiger partial charge in [0.15, 0.2) is 0 Å². The minimum atomic E-state index is -0.254. The maximum atomic E-state index is 12.1. The van der Waals surface area contributed by atoms with Gasteiger partial charge < -0.3 is 15.4 Å². The minimum Gasteiger partial charge on any atom is -0.379 e. The molecule has 5 heteroatoms. The average molecular weight is 263 g/mol. The lowest BCUT2D eigenvalue weighted by atomic mass is 10.0. The fraction of sp³-hybridized carbons (Fsp3) is 0.571. The number of nitrogens with one attached hydrogen (secondary N) is 2. The molecule has 2 heterocycles. The number of ether oxygens (including phenoxy) is 1. The highest BCUT2D eigenvalue weighted by molar-refractivity contribution is 5.94. The highest BCUT2D eigenvalue weighted by Gasteiger charge is 2.31. The number of pyridine rings is 1. The molecule has 0 radical (unpaired) electrons.